The van der Waals surface area contributed by atoms with Gasteiger partial charge in [0.1, 0.15) is 5.75 Å². The zero-order chi connectivity index (χ0) is 26.4. The molecule has 4 unspecified atom stereocenters. The minimum Gasteiger partial charge on any atom is -0.493 e. The Morgan fingerprint density at radius 1 is 0.806 bits per heavy atom. The van der Waals surface area contributed by atoms with Crippen LogP contribution in [0.5, 0.6) is 5.75 Å². The predicted octanol–water partition coefficient (Wildman–Crippen LogP) is 7.11. The number of fused-ring (bicyclic) bond motifs is 3. The number of alkyl halides is 9. The van der Waals surface area contributed by atoms with Gasteiger partial charge in [-0.05, 0) is 55.1 Å². The third kappa shape index (κ3) is 4.94. The Morgan fingerprint density at radius 2 is 1.47 bits per heavy atom. The number of hydrogen-bond donors (Lipinski definition) is 0. The van der Waals surface area contributed by atoms with E-state index in [1.165, 1.54) is 0 Å². The van der Waals surface area contributed by atoms with Gasteiger partial charge in [-0.3, -0.25) is 0 Å². The van der Waals surface area contributed by atoms with Gasteiger partial charge in [0.2, 0.25) is 0 Å². The molecule has 2 bridgehead atoms. The largest absolute Gasteiger partial charge is 0.493 e. The van der Waals surface area contributed by atoms with Crippen LogP contribution in [0.25, 0.3) is 0 Å². The molecule has 0 heterocycles. The second kappa shape index (κ2) is 9.74. The van der Waals surface area contributed by atoms with E-state index in [0.717, 1.165) is 24.0 Å². The molecule has 0 aromatic heterocycles. The van der Waals surface area contributed by atoms with Crippen molar-refractivity contribution in [3.05, 3.63) is 41.5 Å². The highest BCUT2D eigenvalue weighted by Crippen LogP contribution is 2.55. The number of benzene rings is 1. The molecule has 0 amide bonds. The van der Waals surface area contributed by atoms with Crippen LogP contribution >= 0.6 is 0 Å². The lowest BCUT2D eigenvalue weighted by atomic mass is 9.84. The van der Waals surface area contributed by atoms with Crippen molar-refractivity contribution in [2.45, 2.75) is 62.3 Å². The molecule has 0 radical (unpaired) electrons. The van der Waals surface area contributed by atoms with E-state index >= 15 is 0 Å². The van der Waals surface area contributed by atoms with Crippen molar-refractivity contribution < 1.29 is 53.7 Å². The summed E-state index contributed by atoms with van der Waals surface area (Å²) in [6.07, 6.45) is -13.9. The van der Waals surface area contributed by atoms with Crippen molar-refractivity contribution in [2.75, 3.05) is 19.8 Å². The summed E-state index contributed by atoms with van der Waals surface area (Å²) in [5.74, 6) is 2.23. The molecule has 0 saturated heterocycles. The van der Waals surface area contributed by atoms with Crippen LogP contribution in [0.2, 0.25) is 0 Å². The van der Waals surface area contributed by atoms with Gasteiger partial charge in [-0.1, -0.05) is 24.3 Å². The lowest BCUT2D eigenvalue weighted by Gasteiger charge is -2.38. The van der Waals surface area contributed by atoms with E-state index in [4.69, 9.17) is 9.47 Å². The summed E-state index contributed by atoms with van der Waals surface area (Å²) in [6.45, 7) is -0.906. The Balaban J connectivity index is 1.25. The fourth-order valence-electron chi connectivity index (χ4n) is 5.24. The van der Waals surface area contributed by atoms with Crippen LogP contribution in [-0.2, 0) is 15.9 Å². The minimum absolute atomic E-state index is 0.0734. The Labute approximate surface area is 201 Å². The molecule has 0 spiro atoms. The molecule has 0 aliphatic heterocycles. The van der Waals surface area contributed by atoms with Crippen LogP contribution in [0.3, 0.4) is 0 Å². The van der Waals surface area contributed by atoms with Gasteiger partial charge in [0.15, 0.2) is 0 Å². The number of hydrogen-bond acceptors (Lipinski definition) is 3. The van der Waals surface area contributed by atoms with Gasteiger partial charge in [-0.25, -0.2) is 0 Å². The number of unbranched alkanes of at least 4 members (excludes halogenated alkanes) is 1. The van der Waals surface area contributed by atoms with Gasteiger partial charge in [-0.15, -0.1) is 0 Å². The Kier molecular flexibility index (Phi) is 7.33. The van der Waals surface area contributed by atoms with Crippen LogP contribution in [0, 0.1) is 17.8 Å². The molecule has 3 nitrogen and oxygen atoms in total. The van der Waals surface area contributed by atoms with Crippen molar-refractivity contribution in [3.8, 4) is 5.75 Å². The highest BCUT2D eigenvalue weighted by atomic mass is 19.4. The molecule has 12 heteroatoms. The van der Waals surface area contributed by atoms with Crippen LogP contribution in [0.4, 0.5) is 39.5 Å². The summed E-state index contributed by atoms with van der Waals surface area (Å²) in [4.78, 5) is 0. The number of halogens is 9. The Hall–Kier alpha value is -1.95. The van der Waals surface area contributed by atoms with E-state index in [1.807, 2.05) is 18.2 Å². The van der Waals surface area contributed by atoms with E-state index in [1.54, 1.807) is 0 Å². The van der Waals surface area contributed by atoms with Gasteiger partial charge in [-0.2, -0.15) is 39.5 Å². The van der Waals surface area contributed by atoms with Crippen molar-refractivity contribution in [1.82, 2.24) is 0 Å². The topological polar surface area (TPSA) is 27.7 Å². The quantitative estimate of drug-likeness (QED) is 0.183. The Bertz CT molecular complexity index is 916. The summed E-state index contributed by atoms with van der Waals surface area (Å²) in [5.41, 5.74) is -4.38. The van der Waals surface area contributed by atoms with E-state index in [0.29, 0.717) is 36.5 Å². The first-order chi connectivity index (χ1) is 16.7. The van der Waals surface area contributed by atoms with E-state index < -0.39 is 37.2 Å². The molecule has 1 aromatic carbocycles. The molecular formula is C24H25F9O3. The molecular weight excluding hydrogens is 507 g/mol. The number of rotatable bonds is 10. The smallest absolute Gasteiger partial charge is 0.435 e. The predicted molar refractivity (Wildman–Crippen MR) is 109 cm³/mol. The molecule has 4 rings (SSSR count). The van der Waals surface area contributed by atoms with Crippen LogP contribution in [-0.4, -0.2) is 44.0 Å². The lowest BCUT2D eigenvalue weighted by molar-refractivity contribution is -0.457. The van der Waals surface area contributed by atoms with Crippen LogP contribution in [0.15, 0.2) is 30.4 Å². The molecule has 1 fully saturated rings. The molecule has 202 valence electrons. The molecule has 1 aromatic rings. The summed E-state index contributed by atoms with van der Waals surface area (Å²) >= 11 is 0. The number of allylic oxidation sites excluding steroid dienone is 2. The van der Waals surface area contributed by atoms with Crippen molar-refractivity contribution in [3.63, 3.8) is 0 Å². The highest BCUT2D eigenvalue weighted by molar-refractivity contribution is 5.48. The lowest BCUT2D eigenvalue weighted by Crippen LogP contribution is -2.67. The van der Waals surface area contributed by atoms with E-state index in [9.17, 15) is 39.5 Å². The van der Waals surface area contributed by atoms with Crippen LogP contribution < -0.4 is 4.74 Å². The molecule has 1 saturated carbocycles. The summed E-state index contributed by atoms with van der Waals surface area (Å²) in [6, 6.07) is 5.58. The molecule has 36 heavy (non-hydrogen) atoms. The van der Waals surface area contributed by atoms with E-state index in [-0.39, 0.29) is 19.1 Å². The standard InChI is InChI=1S/C24H25F9O3/c25-22(26,27)21(23(28,29)30,24(31,32)33)36-9-2-1-8-34-19-12-16-4-3-5-18(20(16)19)35-13-17-11-14-6-7-15(17)10-14/h3-7,14-15,17,19H,1-2,8-13H2. The van der Waals surface area contributed by atoms with Gasteiger partial charge in [0.05, 0.1) is 12.7 Å². The van der Waals surface area contributed by atoms with Crippen molar-refractivity contribution in [1.29, 1.82) is 0 Å². The van der Waals surface area contributed by atoms with Gasteiger partial charge in [0.25, 0.3) is 0 Å². The van der Waals surface area contributed by atoms with Crippen molar-refractivity contribution >= 4 is 0 Å². The van der Waals surface area contributed by atoms with Crippen LogP contribution in [0.1, 0.15) is 42.9 Å². The molecule has 3 aliphatic rings. The zero-order valence-electron chi connectivity index (χ0n) is 19.0. The Morgan fingerprint density at radius 3 is 2.06 bits per heavy atom. The first-order valence-corrected chi connectivity index (χ1v) is 11.6. The average molecular weight is 532 g/mol. The third-order valence-electron chi connectivity index (χ3n) is 7.13. The number of ether oxygens (including phenoxy) is 3. The highest BCUT2D eigenvalue weighted by Gasteiger charge is 2.85. The monoisotopic (exact) mass is 532 g/mol. The zero-order valence-corrected chi connectivity index (χ0v) is 19.0. The second-order valence-corrected chi connectivity index (χ2v) is 9.47. The van der Waals surface area contributed by atoms with Gasteiger partial charge < -0.3 is 14.2 Å². The first kappa shape index (κ1) is 27.1. The second-order valence-electron chi connectivity index (χ2n) is 9.47. The summed E-state index contributed by atoms with van der Waals surface area (Å²) in [5, 5.41) is 0. The molecule has 4 atom stereocenters. The molecule has 0 N–H and O–H groups in total. The average Bonchev–Trinajstić information content (AvgIpc) is 3.34. The van der Waals surface area contributed by atoms with Gasteiger partial charge >= 0.3 is 24.1 Å². The maximum atomic E-state index is 12.9. The van der Waals surface area contributed by atoms with E-state index in [2.05, 4.69) is 16.9 Å². The maximum Gasteiger partial charge on any atom is 0.435 e. The summed E-state index contributed by atoms with van der Waals surface area (Å²) in [7, 11) is 0. The normalized spacial score (nSPS) is 25.7. The third-order valence-corrected chi connectivity index (χ3v) is 7.13. The maximum absolute atomic E-state index is 12.9. The fraction of sp³-hybridized carbons (Fsp3) is 0.667. The summed E-state index contributed by atoms with van der Waals surface area (Å²) < 4.78 is 131. The molecule has 3 aliphatic carbocycles. The van der Waals surface area contributed by atoms with Crippen molar-refractivity contribution in [2.24, 2.45) is 17.8 Å². The van der Waals surface area contributed by atoms with Gasteiger partial charge in [0, 0.05) is 25.2 Å². The fourth-order valence-corrected chi connectivity index (χ4v) is 5.24. The first-order valence-electron chi connectivity index (χ1n) is 11.6. The SMILES string of the molecule is FC(F)(F)C(OCCCCOC1Cc2cccc(OCC3CC4C=CC3C4)c21)(C(F)(F)F)C(F)(F)F. The minimum atomic E-state index is -6.72.